The van der Waals surface area contributed by atoms with Crippen LogP contribution in [-0.2, 0) is 76.4 Å². The Hall–Kier alpha value is -4.57. The van der Waals surface area contributed by atoms with Gasteiger partial charge in [0.1, 0.15) is 35.6 Å². The van der Waals surface area contributed by atoms with Crippen LogP contribution in [0, 0.1) is 37.2 Å². The van der Waals surface area contributed by atoms with Gasteiger partial charge in [0, 0.05) is 116 Å². The molecule has 7 aromatic rings. The van der Waals surface area contributed by atoms with Gasteiger partial charge in [-0.3, -0.25) is 27.0 Å². The van der Waals surface area contributed by atoms with Crippen molar-refractivity contribution in [3.63, 3.8) is 0 Å². The van der Waals surface area contributed by atoms with Gasteiger partial charge in [-0.15, -0.1) is 0 Å². The first-order valence-electron chi connectivity index (χ1n) is 35.9. The number of fused-ring (bicyclic) bond motifs is 2. The maximum absolute atomic E-state index is 11.8. The Morgan fingerprint density at radius 3 is 1.30 bits per heavy atom. The van der Waals surface area contributed by atoms with Crippen molar-refractivity contribution in [3.8, 4) is 11.1 Å². The number of benzene rings is 3. The second-order valence-electron chi connectivity index (χ2n) is 32.3. The summed E-state index contributed by atoms with van der Waals surface area (Å²) in [5.74, 6) is 3.89. The van der Waals surface area contributed by atoms with E-state index >= 15 is 0 Å². The van der Waals surface area contributed by atoms with E-state index in [9.17, 15) is 12.6 Å². The lowest BCUT2D eigenvalue weighted by Gasteiger charge is -2.42. The first-order chi connectivity index (χ1) is 47.9. The van der Waals surface area contributed by atoms with Crippen molar-refractivity contribution in [1.29, 1.82) is 14.3 Å². The third-order valence-electron chi connectivity index (χ3n) is 22.1. The van der Waals surface area contributed by atoms with Gasteiger partial charge in [-0.1, -0.05) is 91.4 Å². The average molecular weight is 1690 g/mol. The molecule has 0 amide bonds. The van der Waals surface area contributed by atoms with Crippen LogP contribution >= 0.6 is 38.5 Å². The minimum absolute atomic E-state index is 0. The molecule has 5 saturated heterocycles. The van der Waals surface area contributed by atoms with E-state index in [-0.39, 0.29) is 63.0 Å². The van der Waals surface area contributed by atoms with Gasteiger partial charge in [-0.25, -0.2) is 19.9 Å². The Balaban J connectivity index is 0.000000189. The Labute approximate surface area is 657 Å². The molecular formula is C76H119B3BrIN13O9S3-. The summed E-state index contributed by atoms with van der Waals surface area (Å²) in [6, 6.07) is 25.1. The lowest BCUT2D eigenvalue weighted by molar-refractivity contribution is 0.00578. The third kappa shape index (κ3) is 22.2. The van der Waals surface area contributed by atoms with E-state index in [2.05, 4.69) is 102 Å². The molecule has 3 atom stereocenters. The van der Waals surface area contributed by atoms with Crippen LogP contribution in [0.25, 0.3) is 33.2 Å². The van der Waals surface area contributed by atoms with E-state index < -0.39 is 43.2 Å². The van der Waals surface area contributed by atoms with Crippen molar-refractivity contribution in [2.45, 2.75) is 201 Å². The number of aryl methyl sites for hydroxylation is 3. The number of hydrogen-bond acceptors (Lipinski definition) is 20. The van der Waals surface area contributed by atoms with E-state index in [0.29, 0.717) is 60.2 Å². The standard InChI is InChI=1S/C23H30N6OS.C15H24BNO3S.C14H18IN5.C12H24B2O4.C9H12BrNOS.2CH4.CH3/c1-31(25,30)9-6-16-4-2-5-18(10-16)20-14-29(23-21(20)22(24)26-15-27-23)19-11-17(12-19)13-28-7-3-8-28;1-14(2)15(3,4)20-16(19-14)13-8-6-7-12(11-13)9-10-21(5,17)18;15-11-7-20(14-12(11)13(16)17-8-18-14)10-4-9(5-10)6-19-2-1-3-19;1-9(2)10(3,4)16-13(15-9)14-17-11(5,6)12(7,8)18-14;1-13(11,12)6-5-8-3-2-4-9(10)7-8;;;/h2,4-5,10,14-15,17,19,25H,3,6-9,11-13H2,1H3,(H2,24,26,27);6-8,11,17H,9-10H2,1-5H3;7-10H,1-6H2,(H2,16,17,18);1-8H3;2-4,7,11H,5-6H2,1H3;2*1H4;1H3/q;;;;;;;-1. The summed E-state index contributed by atoms with van der Waals surface area (Å²) in [5, 5.41) is 1.92. The molecular weight excluding hydrogens is 1570 g/mol. The van der Waals surface area contributed by atoms with Gasteiger partial charge in [0.2, 0.25) is 0 Å². The molecule has 7 aliphatic rings. The van der Waals surface area contributed by atoms with E-state index in [0.717, 1.165) is 75.2 Å². The monoisotopic (exact) mass is 1690 g/mol. The van der Waals surface area contributed by atoms with Crippen LogP contribution in [0.5, 0.6) is 0 Å². The van der Waals surface area contributed by atoms with Gasteiger partial charge in [-0.2, -0.15) is 0 Å². The number of rotatable bonds is 18. The molecule has 0 radical (unpaired) electrons. The minimum atomic E-state index is -2.50. The molecule has 2 saturated carbocycles. The number of nitrogen functional groups attached to an aromatic ring is 2. The van der Waals surface area contributed by atoms with E-state index in [1.54, 1.807) is 12.7 Å². The highest BCUT2D eigenvalue weighted by atomic mass is 127. The molecule has 7 N–H and O–H groups in total. The van der Waals surface area contributed by atoms with Crippen LogP contribution in [0.2, 0.25) is 0 Å². The fourth-order valence-corrected chi connectivity index (χ4v) is 16.5. The molecule has 584 valence electrons. The molecule has 30 heteroatoms. The number of nitrogens with two attached hydrogens (primary N) is 2. The molecule has 7 fully saturated rings. The SMILES string of the molecule is C.C.CC1(C)OB(B2OC(C)(C)C(C)(C)O2)OC1(C)C.CC1(C)OB(c2cccc(CCS(C)(=N)=O)c2)OC1(C)C.CS(=N)(=O)CCc1cccc(-c2cn(C3CC(CN4CCC4)C3)c3ncnc(N)c23)c1.CS(=N)(=O)CCc1cccc(Br)c1.Nc1ncnc2c1c(I)cn2C1CC(CN2CCC2)C1.[CH3-]. The number of likely N-dealkylation sites (tertiary alicyclic amines) is 2. The van der Waals surface area contributed by atoms with Crippen molar-refractivity contribution < 1.29 is 40.6 Å². The summed E-state index contributed by atoms with van der Waals surface area (Å²) < 4.78 is 99.5. The Morgan fingerprint density at radius 2 is 0.896 bits per heavy atom. The van der Waals surface area contributed by atoms with Gasteiger partial charge < -0.3 is 65.8 Å². The molecule has 4 aromatic heterocycles. The first-order valence-corrected chi connectivity index (χ1v) is 44.2. The molecule has 5 aliphatic heterocycles. The van der Waals surface area contributed by atoms with Gasteiger partial charge in [0.25, 0.3) is 0 Å². The Morgan fingerprint density at radius 1 is 0.528 bits per heavy atom. The number of anilines is 2. The number of aromatic nitrogens is 6. The predicted octanol–water partition coefficient (Wildman–Crippen LogP) is 14.7. The zero-order valence-electron chi connectivity index (χ0n) is 63.9. The Bertz CT molecular complexity index is 4410. The normalized spacial score (nSPS) is 23.7. The van der Waals surface area contributed by atoms with Crippen molar-refractivity contribution in [2.75, 3.05) is 86.8 Å². The molecule has 0 spiro atoms. The highest BCUT2D eigenvalue weighted by Gasteiger charge is 2.64. The quantitative estimate of drug-likeness (QED) is 0.0303. The summed E-state index contributed by atoms with van der Waals surface area (Å²) >= 11 is 5.69. The van der Waals surface area contributed by atoms with Crippen LogP contribution in [-0.4, -0.2) is 182 Å². The van der Waals surface area contributed by atoms with Crippen LogP contribution < -0.4 is 16.9 Å². The lowest BCUT2D eigenvalue weighted by Crippen LogP contribution is -2.43. The molecule has 14 rings (SSSR count). The fourth-order valence-electron chi connectivity index (χ4n) is 13.4. The van der Waals surface area contributed by atoms with Crippen molar-refractivity contribution in [2.24, 2.45) is 11.8 Å². The number of halogens is 2. The van der Waals surface area contributed by atoms with Crippen molar-refractivity contribution in [3.05, 3.63) is 130 Å². The second kappa shape index (κ2) is 35.0. The Kier molecular flexibility index (Phi) is 29.3. The molecule has 106 heavy (non-hydrogen) atoms. The van der Waals surface area contributed by atoms with Crippen LogP contribution in [0.3, 0.4) is 0 Å². The largest absolute Gasteiger partial charge is 0.494 e. The first kappa shape index (κ1) is 88.6. The van der Waals surface area contributed by atoms with Crippen molar-refractivity contribution in [1.82, 2.24) is 38.9 Å². The zero-order valence-corrected chi connectivity index (χ0v) is 70.1. The highest BCUT2D eigenvalue weighted by molar-refractivity contribution is 14.1. The van der Waals surface area contributed by atoms with E-state index in [1.807, 2.05) is 144 Å². The summed E-state index contributed by atoms with van der Waals surface area (Å²) in [6.07, 6.45) is 21.5. The fraction of sp³-hybridized carbons (Fsp3) is 0.592. The third-order valence-corrected chi connectivity index (χ3v) is 26.3. The molecule has 22 nitrogen and oxygen atoms in total. The average Bonchev–Trinajstić information content (AvgIpc) is 1.67. The number of nitrogens with zero attached hydrogens (tertiary/aromatic N) is 8. The predicted molar refractivity (Wildman–Crippen MR) is 452 cm³/mol. The smallest absolute Gasteiger partial charge is 0.405 e. The zero-order chi connectivity index (χ0) is 75.0. The maximum Gasteiger partial charge on any atom is 0.494 e. The highest BCUT2D eigenvalue weighted by Crippen LogP contribution is 2.46. The molecule has 3 unspecified atom stereocenters. The molecule has 0 bridgehead atoms. The summed E-state index contributed by atoms with van der Waals surface area (Å²) in [5.41, 5.74) is 18.4. The van der Waals surface area contributed by atoms with Gasteiger partial charge in [0.05, 0.1) is 44.4 Å². The molecule has 9 heterocycles. The topological polar surface area (TPSA) is 298 Å². The van der Waals surface area contributed by atoms with Gasteiger partial charge in [0.15, 0.2) is 0 Å². The summed E-state index contributed by atoms with van der Waals surface area (Å²) in [4.78, 5) is 22.5. The second-order valence-corrected chi connectivity index (χ2v) is 41.7. The van der Waals surface area contributed by atoms with Crippen molar-refractivity contribution >= 4 is 128 Å². The summed E-state index contributed by atoms with van der Waals surface area (Å²) in [7, 11) is -8.64. The molecule has 3 aromatic carbocycles. The van der Waals surface area contributed by atoms with Gasteiger partial charge in [-0.05, 0) is 241 Å². The maximum atomic E-state index is 11.8. The van der Waals surface area contributed by atoms with Crippen LogP contribution in [0.4, 0.5) is 11.6 Å². The number of hydrogen-bond donors (Lipinski definition) is 5. The van der Waals surface area contributed by atoms with Gasteiger partial charge >= 0.3 is 21.1 Å². The van der Waals surface area contributed by atoms with Crippen LogP contribution in [0.15, 0.2) is 102 Å². The van der Waals surface area contributed by atoms with E-state index in [1.165, 1.54) is 96.6 Å². The van der Waals surface area contributed by atoms with Crippen LogP contribution in [0.1, 0.15) is 165 Å². The lowest BCUT2D eigenvalue weighted by atomic mass is 9.49. The number of nitrogens with one attached hydrogen (secondary N) is 3. The summed E-state index contributed by atoms with van der Waals surface area (Å²) in [6.45, 7) is 31.9. The minimum Gasteiger partial charge on any atom is -0.405 e. The van der Waals surface area contributed by atoms with E-state index in [4.69, 9.17) is 53.7 Å². The molecule has 2 aliphatic carbocycles.